The van der Waals surface area contributed by atoms with Crippen LogP contribution in [0.3, 0.4) is 0 Å². The maximum atomic E-state index is 11.4. The third-order valence-corrected chi connectivity index (χ3v) is 2.50. The maximum absolute atomic E-state index is 11.4. The van der Waals surface area contributed by atoms with Crippen molar-refractivity contribution in [1.82, 2.24) is 9.78 Å². The minimum Gasteiger partial charge on any atom is -0.394 e. The van der Waals surface area contributed by atoms with Crippen molar-refractivity contribution in [2.45, 2.75) is 24.5 Å². The van der Waals surface area contributed by atoms with Crippen LogP contribution in [0.25, 0.3) is 0 Å². The Hall–Kier alpha value is -1.28. The van der Waals surface area contributed by atoms with Gasteiger partial charge < -0.3 is 20.1 Å². The van der Waals surface area contributed by atoms with Gasteiger partial charge in [0.1, 0.15) is 18.3 Å². The summed E-state index contributed by atoms with van der Waals surface area (Å²) in [6.45, 7) is -0.434. The molecule has 0 amide bonds. The SMILES string of the molecule is O=c1cccnn1[C@@H]1O[C@H](CO)[C@@H](O)[C@H]1O. The van der Waals surface area contributed by atoms with E-state index in [0.29, 0.717) is 0 Å². The summed E-state index contributed by atoms with van der Waals surface area (Å²) in [6, 6.07) is 2.72. The second-order valence-electron chi connectivity index (χ2n) is 3.54. The first-order chi connectivity index (χ1) is 7.65. The molecule has 1 saturated heterocycles. The van der Waals surface area contributed by atoms with Crippen LogP contribution in [0.1, 0.15) is 6.23 Å². The molecule has 0 unspecified atom stereocenters. The summed E-state index contributed by atoms with van der Waals surface area (Å²) in [4.78, 5) is 11.4. The Balaban J connectivity index is 2.30. The molecule has 4 atom stereocenters. The van der Waals surface area contributed by atoms with E-state index >= 15 is 0 Å². The molecule has 0 spiro atoms. The number of aliphatic hydroxyl groups excluding tert-OH is 3. The standard InChI is InChI=1S/C9H12N2O5/c12-4-5-7(14)8(15)9(16-5)11-6(13)2-1-3-10-11/h1-3,5,7-9,12,14-15H,4H2/t5-,7-,8-,9-/m1/s1. The fourth-order valence-electron chi connectivity index (χ4n) is 1.64. The van der Waals surface area contributed by atoms with Crippen molar-refractivity contribution >= 4 is 0 Å². The molecule has 2 rings (SSSR count). The lowest BCUT2D eigenvalue weighted by Crippen LogP contribution is -2.36. The van der Waals surface area contributed by atoms with E-state index < -0.39 is 36.7 Å². The fraction of sp³-hybridized carbons (Fsp3) is 0.556. The summed E-state index contributed by atoms with van der Waals surface area (Å²) in [7, 11) is 0. The normalized spacial score (nSPS) is 34.2. The molecule has 0 radical (unpaired) electrons. The molecule has 0 saturated carbocycles. The highest BCUT2D eigenvalue weighted by atomic mass is 16.6. The van der Waals surface area contributed by atoms with Crippen LogP contribution in [0.5, 0.6) is 0 Å². The number of rotatable bonds is 2. The molecule has 1 aliphatic heterocycles. The smallest absolute Gasteiger partial charge is 0.269 e. The van der Waals surface area contributed by atoms with Crippen molar-refractivity contribution in [3.8, 4) is 0 Å². The molecule has 3 N–H and O–H groups in total. The Labute approximate surface area is 90.5 Å². The minimum absolute atomic E-state index is 0.434. The van der Waals surface area contributed by atoms with Crippen LogP contribution in [-0.4, -0.2) is 50.0 Å². The van der Waals surface area contributed by atoms with E-state index in [4.69, 9.17) is 9.84 Å². The Kier molecular flexibility index (Phi) is 3.01. The van der Waals surface area contributed by atoms with Crippen LogP contribution in [0.15, 0.2) is 23.1 Å². The molecule has 1 aromatic heterocycles. The highest BCUT2D eigenvalue weighted by Gasteiger charge is 2.44. The van der Waals surface area contributed by atoms with Crippen LogP contribution in [-0.2, 0) is 4.74 Å². The number of hydrogen-bond donors (Lipinski definition) is 3. The second kappa shape index (κ2) is 4.30. The minimum atomic E-state index is -1.29. The van der Waals surface area contributed by atoms with Crippen LogP contribution >= 0.6 is 0 Å². The molecule has 1 aromatic rings. The first-order valence-corrected chi connectivity index (χ1v) is 4.81. The molecule has 88 valence electrons. The molecule has 0 aromatic carbocycles. The number of ether oxygens (including phenoxy) is 1. The van der Waals surface area contributed by atoms with Gasteiger partial charge in [0.25, 0.3) is 5.56 Å². The van der Waals surface area contributed by atoms with Crippen molar-refractivity contribution in [2.75, 3.05) is 6.61 Å². The van der Waals surface area contributed by atoms with Gasteiger partial charge in [-0.2, -0.15) is 9.78 Å². The first-order valence-electron chi connectivity index (χ1n) is 4.81. The van der Waals surface area contributed by atoms with Gasteiger partial charge in [0.15, 0.2) is 6.23 Å². The van der Waals surface area contributed by atoms with Gasteiger partial charge in [-0.25, -0.2) is 0 Å². The molecular formula is C9H12N2O5. The van der Waals surface area contributed by atoms with Gasteiger partial charge >= 0.3 is 0 Å². The van der Waals surface area contributed by atoms with Crippen molar-refractivity contribution in [3.63, 3.8) is 0 Å². The summed E-state index contributed by atoms with van der Waals surface area (Å²) in [5.41, 5.74) is -0.447. The van der Waals surface area contributed by atoms with E-state index in [1.807, 2.05) is 0 Å². The van der Waals surface area contributed by atoms with Crippen molar-refractivity contribution in [2.24, 2.45) is 0 Å². The number of aliphatic hydroxyl groups is 3. The maximum Gasteiger partial charge on any atom is 0.269 e. The van der Waals surface area contributed by atoms with Gasteiger partial charge in [0, 0.05) is 12.3 Å². The Morgan fingerprint density at radius 1 is 1.44 bits per heavy atom. The molecule has 7 heteroatoms. The largest absolute Gasteiger partial charge is 0.394 e. The molecule has 2 heterocycles. The van der Waals surface area contributed by atoms with E-state index in [9.17, 15) is 15.0 Å². The number of nitrogens with zero attached hydrogens (tertiary/aromatic N) is 2. The van der Waals surface area contributed by atoms with Crippen LogP contribution in [0.4, 0.5) is 0 Å². The zero-order valence-electron chi connectivity index (χ0n) is 8.30. The van der Waals surface area contributed by atoms with Crippen molar-refractivity contribution < 1.29 is 20.1 Å². The van der Waals surface area contributed by atoms with Gasteiger partial charge in [-0.1, -0.05) is 0 Å². The van der Waals surface area contributed by atoms with Gasteiger partial charge in [-0.15, -0.1) is 0 Å². The first kappa shape index (κ1) is 11.2. The van der Waals surface area contributed by atoms with E-state index in [1.165, 1.54) is 18.3 Å². The number of aromatic nitrogens is 2. The zero-order chi connectivity index (χ0) is 11.7. The van der Waals surface area contributed by atoms with Gasteiger partial charge in [-0.3, -0.25) is 4.79 Å². The lowest BCUT2D eigenvalue weighted by molar-refractivity contribution is -0.0610. The molecule has 1 aliphatic rings. The van der Waals surface area contributed by atoms with Crippen LogP contribution in [0, 0.1) is 0 Å². The lowest BCUT2D eigenvalue weighted by atomic mass is 10.1. The zero-order valence-corrected chi connectivity index (χ0v) is 8.30. The van der Waals surface area contributed by atoms with Gasteiger partial charge in [0.05, 0.1) is 6.61 Å². The van der Waals surface area contributed by atoms with Crippen molar-refractivity contribution in [3.05, 3.63) is 28.7 Å². The average Bonchev–Trinajstić information content (AvgIpc) is 2.57. The summed E-state index contributed by atoms with van der Waals surface area (Å²) < 4.78 is 6.09. The Bertz CT molecular complexity index is 420. The summed E-state index contributed by atoms with van der Waals surface area (Å²) >= 11 is 0. The highest BCUT2D eigenvalue weighted by Crippen LogP contribution is 2.27. The van der Waals surface area contributed by atoms with Crippen LogP contribution < -0.4 is 5.56 Å². The average molecular weight is 228 g/mol. The van der Waals surface area contributed by atoms with Gasteiger partial charge in [-0.05, 0) is 6.07 Å². The lowest BCUT2D eigenvalue weighted by Gasteiger charge is -2.15. The van der Waals surface area contributed by atoms with E-state index in [0.717, 1.165) is 4.68 Å². The molecular weight excluding hydrogens is 216 g/mol. The third kappa shape index (κ3) is 1.74. The van der Waals surface area contributed by atoms with Crippen LogP contribution in [0.2, 0.25) is 0 Å². The second-order valence-corrected chi connectivity index (χ2v) is 3.54. The van der Waals surface area contributed by atoms with E-state index in [2.05, 4.69) is 5.10 Å². The summed E-state index contributed by atoms with van der Waals surface area (Å²) in [5, 5.41) is 31.8. The van der Waals surface area contributed by atoms with E-state index in [1.54, 1.807) is 0 Å². The van der Waals surface area contributed by atoms with Gasteiger partial charge in [0.2, 0.25) is 0 Å². The third-order valence-electron chi connectivity index (χ3n) is 2.50. The Morgan fingerprint density at radius 3 is 2.75 bits per heavy atom. The molecule has 7 nitrogen and oxygen atoms in total. The highest BCUT2D eigenvalue weighted by molar-refractivity contribution is 4.92. The van der Waals surface area contributed by atoms with Crippen molar-refractivity contribution in [1.29, 1.82) is 0 Å². The number of hydrogen-bond acceptors (Lipinski definition) is 6. The quantitative estimate of drug-likeness (QED) is 0.533. The summed E-state index contributed by atoms with van der Waals surface area (Å²) in [5.74, 6) is 0. The predicted molar refractivity (Wildman–Crippen MR) is 51.5 cm³/mol. The molecule has 1 fully saturated rings. The molecule has 16 heavy (non-hydrogen) atoms. The Morgan fingerprint density at radius 2 is 2.19 bits per heavy atom. The monoisotopic (exact) mass is 228 g/mol. The van der Waals surface area contributed by atoms with E-state index in [-0.39, 0.29) is 0 Å². The fourth-order valence-corrected chi connectivity index (χ4v) is 1.64. The molecule has 0 bridgehead atoms. The topological polar surface area (TPSA) is 105 Å². The molecule has 0 aliphatic carbocycles. The predicted octanol–water partition coefficient (Wildman–Crippen LogP) is -2.15. The summed E-state index contributed by atoms with van der Waals surface area (Å²) in [6.07, 6.45) is -3.13.